The largest absolute Gasteiger partial charge is 0.368 e. The third-order valence-corrected chi connectivity index (χ3v) is 2.10. The Morgan fingerprint density at radius 3 is 2.47 bits per heavy atom. The van der Waals surface area contributed by atoms with E-state index < -0.39 is 11.3 Å². The lowest BCUT2D eigenvalue weighted by Crippen LogP contribution is -2.28. The molecule has 1 rings (SSSR count). The summed E-state index contributed by atoms with van der Waals surface area (Å²) in [6, 6.07) is 8.91. The van der Waals surface area contributed by atoms with Crippen LogP contribution in [0.1, 0.15) is 6.42 Å². The van der Waals surface area contributed by atoms with Gasteiger partial charge in [0.15, 0.2) is 0 Å². The van der Waals surface area contributed by atoms with Crippen LogP contribution in [0.3, 0.4) is 0 Å². The quantitative estimate of drug-likeness (QED) is 0.755. The van der Waals surface area contributed by atoms with Crippen molar-refractivity contribution in [3.63, 3.8) is 0 Å². The number of carbonyl (C=O) groups excluding carboxylic acids is 2. The number of nitrogens with one attached hydrogen (secondary N) is 1. The molecule has 0 aliphatic heterocycles. The van der Waals surface area contributed by atoms with Gasteiger partial charge in [0, 0.05) is 5.69 Å². The molecule has 3 N–H and O–H groups in total. The SMILES string of the molecule is NC(=O)C(Cl)CC(=O)Nc1ccccc1. The van der Waals surface area contributed by atoms with E-state index in [4.69, 9.17) is 17.3 Å². The molecule has 1 aromatic carbocycles. The van der Waals surface area contributed by atoms with E-state index in [0.29, 0.717) is 5.69 Å². The van der Waals surface area contributed by atoms with Crippen molar-refractivity contribution < 1.29 is 9.59 Å². The molecule has 0 spiro atoms. The topological polar surface area (TPSA) is 72.2 Å². The number of benzene rings is 1. The van der Waals surface area contributed by atoms with Crippen molar-refractivity contribution in [1.82, 2.24) is 0 Å². The average molecular weight is 227 g/mol. The van der Waals surface area contributed by atoms with Crippen molar-refractivity contribution in [2.24, 2.45) is 5.73 Å². The predicted octanol–water partition coefficient (Wildman–Crippen LogP) is 1.11. The first-order valence-electron chi connectivity index (χ1n) is 4.38. The minimum atomic E-state index is -0.964. The van der Waals surface area contributed by atoms with Gasteiger partial charge >= 0.3 is 0 Å². The molecular weight excluding hydrogens is 216 g/mol. The maximum absolute atomic E-state index is 11.3. The van der Waals surface area contributed by atoms with E-state index in [2.05, 4.69) is 5.32 Å². The summed E-state index contributed by atoms with van der Waals surface area (Å²) in [5, 5.41) is 1.63. The minimum Gasteiger partial charge on any atom is -0.368 e. The lowest BCUT2D eigenvalue weighted by Gasteiger charge is -2.06. The molecule has 0 heterocycles. The van der Waals surface area contributed by atoms with E-state index in [1.807, 2.05) is 6.07 Å². The highest BCUT2D eigenvalue weighted by molar-refractivity contribution is 6.31. The van der Waals surface area contributed by atoms with E-state index in [-0.39, 0.29) is 12.3 Å². The van der Waals surface area contributed by atoms with Gasteiger partial charge in [-0.3, -0.25) is 9.59 Å². The Hall–Kier alpha value is -1.55. The number of anilines is 1. The number of halogens is 1. The maximum atomic E-state index is 11.3. The molecule has 0 bridgehead atoms. The van der Waals surface area contributed by atoms with Crippen LogP contribution in [0, 0.1) is 0 Å². The Morgan fingerprint density at radius 2 is 1.93 bits per heavy atom. The highest BCUT2D eigenvalue weighted by atomic mass is 35.5. The van der Waals surface area contributed by atoms with Crippen molar-refractivity contribution in [2.75, 3.05) is 5.32 Å². The molecule has 4 nitrogen and oxygen atoms in total. The lowest BCUT2D eigenvalue weighted by molar-refractivity contribution is -0.121. The summed E-state index contributed by atoms with van der Waals surface area (Å²) in [5.41, 5.74) is 5.59. The minimum absolute atomic E-state index is 0.119. The van der Waals surface area contributed by atoms with Crippen LogP contribution in [0.4, 0.5) is 5.69 Å². The molecule has 0 aromatic heterocycles. The molecule has 2 amide bonds. The van der Waals surface area contributed by atoms with Crippen molar-refractivity contribution in [3.8, 4) is 0 Å². The van der Waals surface area contributed by atoms with Crippen LogP contribution < -0.4 is 11.1 Å². The van der Waals surface area contributed by atoms with Gasteiger partial charge in [-0.2, -0.15) is 0 Å². The number of carbonyl (C=O) groups is 2. The number of hydrogen-bond donors (Lipinski definition) is 2. The molecular formula is C10H11ClN2O2. The van der Waals surface area contributed by atoms with Crippen LogP contribution >= 0.6 is 11.6 Å². The fraction of sp³-hybridized carbons (Fsp3) is 0.200. The van der Waals surface area contributed by atoms with Crippen LogP contribution in [-0.2, 0) is 9.59 Å². The second kappa shape index (κ2) is 5.36. The second-order valence-electron chi connectivity index (χ2n) is 2.99. The maximum Gasteiger partial charge on any atom is 0.236 e. The first-order chi connectivity index (χ1) is 7.09. The van der Waals surface area contributed by atoms with Gasteiger partial charge in [-0.1, -0.05) is 18.2 Å². The third-order valence-electron chi connectivity index (χ3n) is 1.73. The zero-order valence-electron chi connectivity index (χ0n) is 7.94. The highest BCUT2D eigenvalue weighted by Gasteiger charge is 2.15. The summed E-state index contributed by atoms with van der Waals surface area (Å²) in [4.78, 5) is 21.9. The van der Waals surface area contributed by atoms with Crippen LogP contribution in [-0.4, -0.2) is 17.2 Å². The lowest BCUT2D eigenvalue weighted by atomic mass is 10.2. The van der Waals surface area contributed by atoms with Crippen molar-refractivity contribution >= 4 is 29.1 Å². The van der Waals surface area contributed by atoms with Crippen molar-refractivity contribution in [2.45, 2.75) is 11.8 Å². The van der Waals surface area contributed by atoms with Gasteiger partial charge in [-0.25, -0.2) is 0 Å². The van der Waals surface area contributed by atoms with Crippen LogP contribution in [0.2, 0.25) is 0 Å². The van der Waals surface area contributed by atoms with Gasteiger partial charge < -0.3 is 11.1 Å². The van der Waals surface area contributed by atoms with Gasteiger partial charge in [0.25, 0.3) is 0 Å². The van der Waals surface area contributed by atoms with Gasteiger partial charge in [0.05, 0.1) is 6.42 Å². The molecule has 15 heavy (non-hydrogen) atoms. The zero-order valence-corrected chi connectivity index (χ0v) is 8.70. The fourth-order valence-electron chi connectivity index (χ4n) is 0.997. The fourth-order valence-corrected chi connectivity index (χ4v) is 1.14. The second-order valence-corrected chi connectivity index (χ2v) is 3.52. The standard InChI is InChI=1S/C10H11ClN2O2/c11-8(10(12)15)6-9(14)13-7-4-2-1-3-5-7/h1-5,8H,6H2,(H2,12,15)(H,13,14). The number of para-hydroxylation sites is 1. The number of primary amides is 1. The first kappa shape index (κ1) is 11.5. The van der Waals surface area contributed by atoms with Crippen LogP contribution in [0.5, 0.6) is 0 Å². The number of rotatable bonds is 4. The highest BCUT2D eigenvalue weighted by Crippen LogP contribution is 2.08. The molecule has 1 aromatic rings. The summed E-state index contributed by atoms with van der Waals surface area (Å²) in [6.07, 6.45) is -0.119. The molecule has 0 aliphatic carbocycles. The van der Waals surface area contributed by atoms with Crippen molar-refractivity contribution in [1.29, 1.82) is 0 Å². The Labute approximate surface area is 92.4 Å². The Kier molecular flexibility index (Phi) is 4.12. The van der Waals surface area contributed by atoms with E-state index in [0.717, 1.165) is 0 Å². The van der Waals surface area contributed by atoms with E-state index in [9.17, 15) is 9.59 Å². The summed E-state index contributed by atoms with van der Waals surface area (Å²) in [7, 11) is 0. The summed E-state index contributed by atoms with van der Waals surface area (Å²) >= 11 is 5.54. The van der Waals surface area contributed by atoms with Gasteiger partial charge in [-0.05, 0) is 12.1 Å². The molecule has 0 radical (unpaired) electrons. The smallest absolute Gasteiger partial charge is 0.236 e. The Balaban J connectivity index is 2.47. The van der Waals surface area contributed by atoms with Crippen LogP contribution in [0.25, 0.3) is 0 Å². The average Bonchev–Trinajstić information content (AvgIpc) is 2.18. The monoisotopic (exact) mass is 226 g/mol. The Bertz CT molecular complexity index is 354. The van der Waals surface area contributed by atoms with Gasteiger partial charge in [0.1, 0.15) is 5.38 Å². The third kappa shape index (κ3) is 3.99. The molecule has 5 heteroatoms. The molecule has 0 fully saturated rings. The number of nitrogens with two attached hydrogens (primary N) is 1. The van der Waals surface area contributed by atoms with E-state index in [1.165, 1.54) is 0 Å². The van der Waals surface area contributed by atoms with E-state index >= 15 is 0 Å². The summed E-state index contributed by atoms with van der Waals surface area (Å²) < 4.78 is 0. The van der Waals surface area contributed by atoms with Gasteiger partial charge in [0.2, 0.25) is 11.8 Å². The van der Waals surface area contributed by atoms with E-state index in [1.54, 1.807) is 24.3 Å². The molecule has 0 aliphatic rings. The number of amides is 2. The molecule has 1 unspecified atom stereocenters. The summed E-state index contributed by atoms with van der Waals surface area (Å²) in [6.45, 7) is 0. The van der Waals surface area contributed by atoms with Gasteiger partial charge in [-0.15, -0.1) is 11.6 Å². The normalized spacial score (nSPS) is 11.8. The van der Waals surface area contributed by atoms with Crippen molar-refractivity contribution in [3.05, 3.63) is 30.3 Å². The number of hydrogen-bond acceptors (Lipinski definition) is 2. The predicted molar refractivity (Wildman–Crippen MR) is 58.5 cm³/mol. The molecule has 0 saturated carbocycles. The molecule has 1 atom stereocenters. The zero-order chi connectivity index (χ0) is 11.3. The number of alkyl halides is 1. The first-order valence-corrected chi connectivity index (χ1v) is 4.81. The Morgan fingerprint density at radius 1 is 1.33 bits per heavy atom. The summed E-state index contributed by atoms with van der Waals surface area (Å²) in [5.74, 6) is -1.03. The van der Waals surface area contributed by atoms with Crippen LogP contribution in [0.15, 0.2) is 30.3 Å². The molecule has 80 valence electrons. The molecule has 0 saturated heterocycles.